The van der Waals surface area contributed by atoms with Crippen LogP contribution in [0.1, 0.15) is 0 Å². The highest BCUT2D eigenvalue weighted by Gasteiger charge is 2.02. The first kappa shape index (κ1) is 11.3. The Morgan fingerprint density at radius 1 is 1.29 bits per heavy atom. The number of rotatable bonds is 4. The van der Waals surface area contributed by atoms with Crippen LogP contribution in [0.5, 0.6) is 11.5 Å². The summed E-state index contributed by atoms with van der Waals surface area (Å²) >= 11 is 0. The zero-order valence-electron chi connectivity index (χ0n) is 9.42. The fourth-order valence-corrected chi connectivity index (χ4v) is 1.34. The van der Waals surface area contributed by atoms with Gasteiger partial charge in [0, 0.05) is 5.56 Å². The first-order valence-electron chi connectivity index (χ1n) is 5.18. The van der Waals surface area contributed by atoms with Crippen LogP contribution in [0.3, 0.4) is 0 Å². The van der Waals surface area contributed by atoms with Gasteiger partial charge in [-0.25, -0.2) is 9.97 Å². The Hall–Kier alpha value is -2.14. The zero-order chi connectivity index (χ0) is 12.1. The lowest BCUT2D eigenvalue weighted by molar-refractivity contribution is 0.294. The Kier molecular flexibility index (Phi) is 3.52. The third kappa shape index (κ3) is 2.92. The molecule has 0 unspecified atom stereocenters. The molecule has 2 N–H and O–H groups in total. The van der Waals surface area contributed by atoms with Gasteiger partial charge in [-0.05, 0) is 19.2 Å². The summed E-state index contributed by atoms with van der Waals surface area (Å²) in [7, 11) is 1.79. The topological polar surface area (TPSA) is 67.3 Å². The summed E-state index contributed by atoms with van der Waals surface area (Å²) in [4.78, 5) is 8.34. The smallest absolute Gasteiger partial charge is 0.159 e. The van der Waals surface area contributed by atoms with Gasteiger partial charge < -0.3 is 9.84 Å². The molecule has 2 rings (SSSR count). The Morgan fingerprint density at radius 2 is 2.06 bits per heavy atom. The van der Waals surface area contributed by atoms with Crippen LogP contribution in [-0.2, 0) is 0 Å². The van der Waals surface area contributed by atoms with E-state index < -0.39 is 0 Å². The predicted molar refractivity (Wildman–Crippen MR) is 63.7 cm³/mol. The molecule has 0 saturated heterocycles. The van der Waals surface area contributed by atoms with E-state index in [9.17, 15) is 5.11 Å². The van der Waals surface area contributed by atoms with E-state index in [2.05, 4.69) is 15.3 Å². The fourth-order valence-electron chi connectivity index (χ4n) is 1.34. The normalized spacial score (nSPS) is 10.2. The maximum Gasteiger partial charge on any atom is 0.159 e. The molecule has 1 aromatic heterocycles. The SMILES string of the molecule is CNCOc1cnc(-c2cccc(O)c2)nc1. The number of aromatic nitrogens is 2. The molecule has 0 saturated carbocycles. The number of phenolic OH excluding ortho intramolecular Hbond substituents is 1. The van der Waals surface area contributed by atoms with Gasteiger partial charge >= 0.3 is 0 Å². The van der Waals surface area contributed by atoms with Gasteiger partial charge in [0.1, 0.15) is 12.5 Å². The van der Waals surface area contributed by atoms with Crippen LogP contribution in [0.2, 0.25) is 0 Å². The molecule has 0 aliphatic rings. The number of aromatic hydroxyl groups is 1. The first-order valence-corrected chi connectivity index (χ1v) is 5.18. The molecule has 0 amide bonds. The molecule has 1 heterocycles. The summed E-state index contributed by atoms with van der Waals surface area (Å²) in [6.45, 7) is 0.412. The maximum absolute atomic E-state index is 9.36. The van der Waals surface area contributed by atoms with E-state index >= 15 is 0 Å². The summed E-state index contributed by atoms with van der Waals surface area (Å²) in [5.41, 5.74) is 0.769. The van der Waals surface area contributed by atoms with E-state index in [4.69, 9.17) is 4.74 Å². The third-order valence-electron chi connectivity index (χ3n) is 2.12. The van der Waals surface area contributed by atoms with Crippen molar-refractivity contribution in [3.63, 3.8) is 0 Å². The van der Waals surface area contributed by atoms with E-state index in [0.717, 1.165) is 5.56 Å². The van der Waals surface area contributed by atoms with Crippen LogP contribution in [0, 0.1) is 0 Å². The van der Waals surface area contributed by atoms with Gasteiger partial charge in [0.25, 0.3) is 0 Å². The van der Waals surface area contributed by atoms with E-state index in [1.54, 1.807) is 37.6 Å². The van der Waals surface area contributed by atoms with Gasteiger partial charge in [0.15, 0.2) is 11.6 Å². The number of nitrogens with one attached hydrogen (secondary N) is 1. The zero-order valence-corrected chi connectivity index (χ0v) is 9.42. The van der Waals surface area contributed by atoms with Crippen molar-refractivity contribution < 1.29 is 9.84 Å². The average molecular weight is 231 g/mol. The van der Waals surface area contributed by atoms with Gasteiger partial charge in [-0.2, -0.15) is 0 Å². The third-order valence-corrected chi connectivity index (χ3v) is 2.12. The molecule has 17 heavy (non-hydrogen) atoms. The highest BCUT2D eigenvalue weighted by molar-refractivity contribution is 5.57. The molecule has 5 nitrogen and oxygen atoms in total. The fraction of sp³-hybridized carbons (Fsp3) is 0.167. The molecule has 1 aromatic carbocycles. The number of hydrogen-bond acceptors (Lipinski definition) is 5. The lowest BCUT2D eigenvalue weighted by Gasteiger charge is -2.05. The summed E-state index contributed by atoms with van der Waals surface area (Å²) in [6, 6.07) is 6.81. The maximum atomic E-state index is 9.36. The Labute approximate surface area is 99.1 Å². The number of hydrogen-bond donors (Lipinski definition) is 2. The van der Waals surface area contributed by atoms with Gasteiger partial charge in [0.2, 0.25) is 0 Å². The van der Waals surface area contributed by atoms with Crippen LogP contribution in [0.25, 0.3) is 11.4 Å². The second-order valence-corrected chi connectivity index (χ2v) is 3.43. The van der Waals surface area contributed by atoms with Crippen LogP contribution in [-0.4, -0.2) is 28.9 Å². The molecule has 2 aromatic rings. The number of ether oxygens (including phenoxy) is 1. The van der Waals surface area contributed by atoms with Crippen LogP contribution in [0.15, 0.2) is 36.7 Å². The quantitative estimate of drug-likeness (QED) is 0.779. The molecule has 0 atom stereocenters. The van der Waals surface area contributed by atoms with Crippen molar-refractivity contribution in [1.82, 2.24) is 15.3 Å². The van der Waals surface area contributed by atoms with Gasteiger partial charge in [-0.3, -0.25) is 5.32 Å². The molecule has 0 radical (unpaired) electrons. The second kappa shape index (κ2) is 5.27. The Morgan fingerprint density at radius 3 is 2.71 bits per heavy atom. The molecule has 0 aliphatic heterocycles. The molecule has 0 fully saturated rings. The number of nitrogens with zero attached hydrogens (tertiary/aromatic N) is 2. The largest absolute Gasteiger partial charge is 0.508 e. The van der Waals surface area contributed by atoms with Crippen molar-refractivity contribution in [1.29, 1.82) is 0 Å². The van der Waals surface area contributed by atoms with Crippen LogP contribution < -0.4 is 10.1 Å². The summed E-state index contributed by atoms with van der Waals surface area (Å²) in [6.07, 6.45) is 3.20. The standard InChI is InChI=1S/C12H13N3O2/c1-13-8-17-11-6-14-12(15-7-11)9-3-2-4-10(16)5-9/h2-7,13,16H,8H2,1H3. The molecule has 0 aliphatic carbocycles. The second-order valence-electron chi connectivity index (χ2n) is 3.43. The molecule has 0 bridgehead atoms. The molecular formula is C12H13N3O2. The Bertz CT molecular complexity index is 485. The molecule has 5 heteroatoms. The highest BCUT2D eigenvalue weighted by atomic mass is 16.5. The monoisotopic (exact) mass is 231 g/mol. The minimum absolute atomic E-state index is 0.196. The van der Waals surface area contributed by atoms with E-state index in [1.165, 1.54) is 0 Å². The van der Waals surface area contributed by atoms with Crippen molar-refractivity contribution in [3.8, 4) is 22.9 Å². The van der Waals surface area contributed by atoms with Crippen molar-refractivity contribution in [2.24, 2.45) is 0 Å². The number of phenols is 1. The van der Waals surface area contributed by atoms with E-state index in [-0.39, 0.29) is 5.75 Å². The molecule has 0 spiro atoms. The van der Waals surface area contributed by atoms with Crippen LogP contribution >= 0.6 is 0 Å². The van der Waals surface area contributed by atoms with Crippen LogP contribution in [0.4, 0.5) is 0 Å². The van der Waals surface area contributed by atoms with E-state index in [0.29, 0.717) is 18.3 Å². The van der Waals surface area contributed by atoms with Crippen molar-refractivity contribution in [2.75, 3.05) is 13.8 Å². The predicted octanol–water partition coefficient (Wildman–Crippen LogP) is 1.40. The van der Waals surface area contributed by atoms with Crippen molar-refractivity contribution in [3.05, 3.63) is 36.7 Å². The Balaban J connectivity index is 2.17. The summed E-state index contributed by atoms with van der Waals surface area (Å²) in [5, 5.41) is 12.2. The lowest BCUT2D eigenvalue weighted by atomic mass is 10.2. The van der Waals surface area contributed by atoms with Crippen molar-refractivity contribution in [2.45, 2.75) is 0 Å². The molecule has 88 valence electrons. The van der Waals surface area contributed by atoms with Gasteiger partial charge in [-0.15, -0.1) is 0 Å². The van der Waals surface area contributed by atoms with Gasteiger partial charge in [-0.1, -0.05) is 12.1 Å². The highest BCUT2D eigenvalue weighted by Crippen LogP contribution is 2.20. The summed E-state index contributed by atoms with van der Waals surface area (Å²) in [5.74, 6) is 1.35. The lowest BCUT2D eigenvalue weighted by Crippen LogP contribution is -2.14. The van der Waals surface area contributed by atoms with E-state index in [1.807, 2.05) is 6.07 Å². The first-order chi connectivity index (χ1) is 8.29. The average Bonchev–Trinajstić information content (AvgIpc) is 2.37. The minimum atomic E-state index is 0.196. The van der Waals surface area contributed by atoms with Crippen molar-refractivity contribution >= 4 is 0 Å². The van der Waals surface area contributed by atoms with Gasteiger partial charge in [0.05, 0.1) is 12.4 Å². The number of benzene rings is 1. The molecular weight excluding hydrogens is 218 g/mol. The minimum Gasteiger partial charge on any atom is -0.508 e. The summed E-state index contributed by atoms with van der Waals surface area (Å²) < 4.78 is 5.28.